The molecule has 0 radical (unpaired) electrons. The maximum atomic E-state index is 12.4. The second kappa shape index (κ2) is 5.67. The number of ether oxygens (including phenoxy) is 1. The predicted octanol–water partition coefficient (Wildman–Crippen LogP) is 1.88. The van der Waals surface area contributed by atoms with E-state index < -0.39 is 10.0 Å². The highest BCUT2D eigenvalue weighted by molar-refractivity contribution is 7.89. The molecule has 0 aliphatic rings. The molecule has 0 aliphatic heterocycles. The maximum Gasteiger partial charge on any atom is 0.238 e. The molecule has 0 atom stereocenters. The number of primary sulfonamides is 1. The van der Waals surface area contributed by atoms with Crippen molar-refractivity contribution in [2.75, 3.05) is 7.11 Å². The Kier molecular flexibility index (Phi) is 4.11. The Morgan fingerprint density at radius 3 is 2.14 bits per heavy atom. The summed E-state index contributed by atoms with van der Waals surface area (Å²) in [4.78, 5) is 12.3. The summed E-state index contributed by atoms with van der Waals surface area (Å²) < 4.78 is 28.0. The normalized spacial score (nSPS) is 11.2. The van der Waals surface area contributed by atoms with E-state index >= 15 is 0 Å². The van der Waals surface area contributed by atoms with Gasteiger partial charge in [0, 0.05) is 11.1 Å². The summed E-state index contributed by atoms with van der Waals surface area (Å²) in [6.45, 7) is 1.63. The van der Waals surface area contributed by atoms with Gasteiger partial charge >= 0.3 is 0 Å². The first-order valence-electron chi connectivity index (χ1n) is 6.15. The molecule has 2 aromatic rings. The van der Waals surface area contributed by atoms with E-state index in [1.807, 2.05) is 0 Å². The topological polar surface area (TPSA) is 86.5 Å². The third-order valence-corrected chi connectivity index (χ3v) is 4.16. The van der Waals surface area contributed by atoms with Gasteiger partial charge in [-0.25, -0.2) is 13.6 Å². The van der Waals surface area contributed by atoms with E-state index in [-0.39, 0.29) is 16.2 Å². The minimum atomic E-state index is -3.85. The van der Waals surface area contributed by atoms with Crippen LogP contribution in [0.25, 0.3) is 0 Å². The number of hydrogen-bond donors (Lipinski definition) is 1. The van der Waals surface area contributed by atoms with Gasteiger partial charge in [-0.05, 0) is 42.8 Å². The molecule has 110 valence electrons. The van der Waals surface area contributed by atoms with Crippen molar-refractivity contribution in [2.45, 2.75) is 11.8 Å². The van der Waals surface area contributed by atoms with Crippen molar-refractivity contribution in [2.24, 2.45) is 5.14 Å². The molecule has 0 bridgehead atoms. The van der Waals surface area contributed by atoms with Gasteiger partial charge in [-0.1, -0.05) is 12.1 Å². The number of rotatable bonds is 4. The Bertz CT molecular complexity index is 780. The average Bonchev–Trinajstić information content (AvgIpc) is 2.46. The lowest BCUT2D eigenvalue weighted by molar-refractivity contribution is 0.103. The molecule has 2 aromatic carbocycles. The highest BCUT2D eigenvalue weighted by Gasteiger charge is 2.16. The summed E-state index contributed by atoms with van der Waals surface area (Å²) >= 11 is 0. The van der Waals surface area contributed by atoms with E-state index in [9.17, 15) is 13.2 Å². The van der Waals surface area contributed by atoms with E-state index in [0.717, 1.165) is 0 Å². The predicted molar refractivity (Wildman–Crippen MR) is 79.0 cm³/mol. The van der Waals surface area contributed by atoms with Gasteiger partial charge in [0.2, 0.25) is 10.0 Å². The van der Waals surface area contributed by atoms with Crippen LogP contribution in [-0.4, -0.2) is 21.3 Å². The minimum Gasteiger partial charge on any atom is -0.497 e. The van der Waals surface area contributed by atoms with Crippen molar-refractivity contribution >= 4 is 15.8 Å². The summed E-state index contributed by atoms with van der Waals surface area (Å²) in [5.74, 6) is 0.364. The molecular formula is C15H15NO4S. The lowest BCUT2D eigenvalue weighted by Gasteiger charge is -2.07. The first-order valence-corrected chi connectivity index (χ1v) is 7.70. The zero-order valence-electron chi connectivity index (χ0n) is 11.7. The third-order valence-electron chi connectivity index (χ3n) is 3.11. The number of ketones is 1. The van der Waals surface area contributed by atoms with E-state index in [2.05, 4.69) is 0 Å². The van der Waals surface area contributed by atoms with Crippen LogP contribution in [0.15, 0.2) is 47.4 Å². The zero-order valence-corrected chi connectivity index (χ0v) is 12.5. The summed E-state index contributed by atoms with van der Waals surface area (Å²) in [6.07, 6.45) is 0. The van der Waals surface area contributed by atoms with Gasteiger partial charge in [0.05, 0.1) is 12.0 Å². The average molecular weight is 305 g/mol. The van der Waals surface area contributed by atoms with Crippen LogP contribution in [-0.2, 0) is 10.0 Å². The van der Waals surface area contributed by atoms with E-state index in [1.165, 1.54) is 13.2 Å². The highest BCUT2D eigenvalue weighted by atomic mass is 32.2. The molecule has 0 amide bonds. The molecule has 0 heterocycles. The van der Waals surface area contributed by atoms with E-state index in [4.69, 9.17) is 9.88 Å². The molecule has 0 aliphatic carbocycles. The van der Waals surface area contributed by atoms with Gasteiger partial charge in [-0.15, -0.1) is 0 Å². The molecule has 0 spiro atoms. The Hall–Kier alpha value is -2.18. The molecule has 6 heteroatoms. The van der Waals surface area contributed by atoms with Crippen molar-refractivity contribution in [1.29, 1.82) is 0 Å². The minimum absolute atomic E-state index is 0.0399. The summed E-state index contributed by atoms with van der Waals surface area (Å²) in [6, 6.07) is 11.0. The fourth-order valence-electron chi connectivity index (χ4n) is 1.96. The van der Waals surface area contributed by atoms with Crippen LogP contribution < -0.4 is 9.88 Å². The molecule has 0 saturated carbocycles. The Balaban J connectivity index is 2.44. The van der Waals surface area contributed by atoms with Crippen molar-refractivity contribution in [1.82, 2.24) is 0 Å². The Morgan fingerprint density at radius 2 is 1.62 bits per heavy atom. The van der Waals surface area contributed by atoms with E-state index in [1.54, 1.807) is 43.3 Å². The fourth-order valence-corrected chi connectivity index (χ4v) is 2.76. The van der Waals surface area contributed by atoms with Gasteiger partial charge < -0.3 is 4.74 Å². The number of aryl methyl sites for hydroxylation is 1. The smallest absolute Gasteiger partial charge is 0.238 e. The molecule has 5 nitrogen and oxygen atoms in total. The maximum absolute atomic E-state index is 12.4. The number of methoxy groups -OCH3 is 1. The van der Waals surface area contributed by atoms with Gasteiger partial charge in [-0.2, -0.15) is 0 Å². The van der Waals surface area contributed by atoms with Gasteiger partial charge in [0.1, 0.15) is 5.75 Å². The van der Waals surface area contributed by atoms with Crippen molar-refractivity contribution in [3.63, 3.8) is 0 Å². The molecule has 0 fully saturated rings. The third kappa shape index (κ3) is 3.29. The van der Waals surface area contributed by atoms with Crippen molar-refractivity contribution in [3.8, 4) is 5.75 Å². The second-order valence-corrected chi connectivity index (χ2v) is 6.11. The van der Waals surface area contributed by atoms with Crippen LogP contribution in [0.2, 0.25) is 0 Å². The summed E-state index contributed by atoms with van der Waals surface area (Å²) in [7, 11) is -2.32. The standard InChI is InChI=1S/C15H15NO4S/c1-10-3-4-12(9-14(10)21(16,18)19)15(17)11-5-7-13(20-2)8-6-11/h3-9H,1-2H3,(H2,16,18,19). The molecule has 0 saturated heterocycles. The quantitative estimate of drug-likeness (QED) is 0.874. The molecular weight excluding hydrogens is 290 g/mol. The SMILES string of the molecule is COc1ccc(C(=O)c2ccc(C)c(S(N)(=O)=O)c2)cc1. The van der Waals surface area contributed by atoms with Crippen LogP contribution in [0.5, 0.6) is 5.75 Å². The monoisotopic (exact) mass is 305 g/mol. The number of carbonyl (C=O) groups is 1. The second-order valence-electron chi connectivity index (χ2n) is 4.58. The van der Waals surface area contributed by atoms with Crippen LogP contribution >= 0.6 is 0 Å². The first-order chi connectivity index (χ1) is 9.82. The van der Waals surface area contributed by atoms with Crippen LogP contribution in [0.1, 0.15) is 21.5 Å². The molecule has 0 unspecified atom stereocenters. The lowest BCUT2D eigenvalue weighted by atomic mass is 10.0. The first kappa shape index (κ1) is 15.2. The number of carbonyl (C=O) groups excluding carboxylic acids is 1. The van der Waals surface area contributed by atoms with Crippen molar-refractivity contribution < 1.29 is 17.9 Å². The Labute approximate surface area is 123 Å². The zero-order chi connectivity index (χ0) is 15.6. The number of sulfonamides is 1. The van der Waals surface area contributed by atoms with E-state index in [0.29, 0.717) is 16.9 Å². The fraction of sp³-hybridized carbons (Fsp3) is 0.133. The van der Waals surface area contributed by atoms with Crippen LogP contribution in [0.4, 0.5) is 0 Å². The summed E-state index contributed by atoms with van der Waals surface area (Å²) in [5, 5.41) is 5.15. The largest absolute Gasteiger partial charge is 0.497 e. The summed E-state index contributed by atoms with van der Waals surface area (Å²) in [5.41, 5.74) is 1.22. The highest BCUT2D eigenvalue weighted by Crippen LogP contribution is 2.19. The van der Waals surface area contributed by atoms with Gasteiger partial charge in [0.15, 0.2) is 5.78 Å². The number of nitrogens with two attached hydrogens (primary N) is 1. The van der Waals surface area contributed by atoms with Gasteiger partial charge in [0.25, 0.3) is 0 Å². The molecule has 21 heavy (non-hydrogen) atoms. The molecule has 2 rings (SSSR count). The lowest BCUT2D eigenvalue weighted by Crippen LogP contribution is -2.15. The molecule has 0 aromatic heterocycles. The molecule has 2 N–H and O–H groups in total. The van der Waals surface area contributed by atoms with Crippen LogP contribution in [0, 0.1) is 6.92 Å². The number of hydrogen-bond acceptors (Lipinski definition) is 4. The van der Waals surface area contributed by atoms with Crippen LogP contribution in [0.3, 0.4) is 0 Å². The van der Waals surface area contributed by atoms with Crippen molar-refractivity contribution in [3.05, 3.63) is 59.2 Å². The number of benzene rings is 2. The Morgan fingerprint density at radius 1 is 1.05 bits per heavy atom. The van der Waals surface area contributed by atoms with Gasteiger partial charge in [-0.3, -0.25) is 4.79 Å².